The first kappa shape index (κ1) is 21.3. The summed E-state index contributed by atoms with van der Waals surface area (Å²) in [4.78, 5) is 27.0. The predicted octanol–water partition coefficient (Wildman–Crippen LogP) is 2.72. The molecule has 0 radical (unpaired) electrons. The van der Waals surface area contributed by atoms with Crippen molar-refractivity contribution in [3.63, 3.8) is 0 Å². The number of amides is 2. The van der Waals surface area contributed by atoms with Gasteiger partial charge in [0, 0.05) is 35.5 Å². The third kappa shape index (κ3) is 4.77. The van der Waals surface area contributed by atoms with Gasteiger partial charge < -0.3 is 15.0 Å². The maximum absolute atomic E-state index is 12.6. The lowest BCUT2D eigenvalue weighted by Gasteiger charge is -2.17. The smallest absolute Gasteiger partial charge is 0.254 e. The summed E-state index contributed by atoms with van der Waals surface area (Å²) in [7, 11) is 1.51. The lowest BCUT2D eigenvalue weighted by molar-refractivity contribution is -0.115. The highest BCUT2D eigenvalue weighted by molar-refractivity contribution is 5.98. The van der Waals surface area contributed by atoms with Gasteiger partial charge in [0.15, 0.2) is 0 Å². The van der Waals surface area contributed by atoms with Crippen molar-refractivity contribution in [3.8, 4) is 5.75 Å². The minimum Gasteiger partial charge on any atom is -0.496 e. The summed E-state index contributed by atoms with van der Waals surface area (Å²) in [5.74, 6) is 0.117. The number of likely N-dealkylation sites (tertiary alicyclic amines) is 1. The number of rotatable bonds is 6. The fraction of sp³-hybridized carbons (Fsp3) is 0.318. The van der Waals surface area contributed by atoms with Crippen LogP contribution in [0.25, 0.3) is 0 Å². The molecular weight excluding hydrogens is 384 g/mol. The minimum atomic E-state index is -0.257. The van der Waals surface area contributed by atoms with Gasteiger partial charge in [-0.25, -0.2) is 0 Å². The van der Waals surface area contributed by atoms with Crippen LogP contribution in [0, 0.1) is 12.3 Å². The minimum absolute atomic E-state index is 0.0310. The Balaban J connectivity index is 1.71. The van der Waals surface area contributed by atoms with E-state index in [9.17, 15) is 9.59 Å². The summed E-state index contributed by atoms with van der Waals surface area (Å²) in [5.41, 5.74) is 4.88. The number of aryl methyl sites for hydroxylation is 1. The van der Waals surface area contributed by atoms with E-state index in [0.29, 0.717) is 28.1 Å². The topological polar surface area (TPSA) is 115 Å². The molecule has 158 valence electrons. The molecule has 0 aromatic heterocycles. The quantitative estimate of drug-likeness (QED) is 0.332. The van der Waals surface area contributed by atoms with E-state index < -0.39 is 0 Å². The summed E-state index contributed by atoms with van der Waals surface area (Å²) in [6.45, 7) is 3.45. The SMILES string of the molecule is COc1ccc(C(=N)NO)cc1CC(=O)Nc1ccc(C(=O)N2CCCC2)c(C)c1. The van der Waals surface area contributed by atoms with Gasteiger partial charge in [0.05, 0.1) is 13.5 Å². The van der Waals surface area contributed by atoms with Crippen LogP contribution in [0.2, 0.25) is 0 Å². The second-order valence-electron chi connectivity index (χ2n) is 7.27. The summed E-state index contributed by atoms with van der Waals surface area (Å²) in [6.07, 6.45) is 2.11. The Bertz CT molecular complexity index is 968. The zero-order valence-electron chi connectivity index (χ0n) is 17.1. The molecule has 8 heteroatoms. The van der Waals surface area contributed by atoms with Crippen molar-refractivity contribution in [3.05, 3.63) is 58.7 Å². The Kier molecular flexibility index (Phi) is 6.68. The highest BCUT2D eigenvalue weighted by Crippen LogP contribution is 2.23. The van der Waals surface area contributed by atoms with Crippen molar-refractivity contribution >= 4 is 23.3 Å². The second-order valence-corrected chi connectivity index (χ2v) is 7.27. The van der Waals surface area contributed by atoms with Crippen molar-refractivity contribution in [1.29, 1.82) is 5.41 Å². The van der Waals surface area contributed by atoms with Crippen LogP contribution in [0.15, 0.2) is 36.4 Å². The van der Waals surface area contributed by atoms with E-state index >= 15 is 0 Å². The maximum atomic E-state index is 12.6. The van der Waals surface area contributed by atoms with Crippen LogP contribution >= 0.6 is 0 Å². The van der Waals surface area contributed by atoms with Crippen LogP contribution < -0.4 is 15.5 Å². The van der Waals surface area contributed by atoms with Crippen LogP contribution in [0.1, 0.15) is 39.9 Å². The number of ether oxygens (including phenoxy) is 1. The number of hydrogen-bond acceptors (Lipinski definition) is 5. The molecule has 3 rings (SSSR count). The number of methoxy groups -OCH3 is 1. The van der Waals surface area contributed by atoms with Gasteiger partial charge in [0.1, 0.15) is 11.6 Å². The van der Waals surface area contributed by atoms with E-state index in [-0.39, 0.29) is 24.1 Å². The molecule has 8 nitrogen and oxygen atoms in total. The lowest BCUT2D eigenvalue weighted by Crippen LogP contribution is -2.28. The molecule has 4 N–H and O–H groups in total. The standard InChI is InChI=1S/C22H26N4O4/c1-14-11-17(6-7-18(14)22(28)26-9-3-4-10-26)24-20(27)13-16-12-15(21(23)25-29)5-8-19(16)30-2/h5-8,11-12,29H,3-4,9-10,13H2,1-2H3,(H2,23,25)(H,24,27). The van der Waals surface area contributed by atoms with E-state index in [0.717, 1.165) is 31.5 Å². The van der Waals surface area contributed by atoms with E-state index in [2.05, 4.69) is 5.32 Å². The summed E-state index contributed by atoms with van der Waals surface area (Å²) < 4.78 is 5.30. The zero-order valence-corrected chi connectivity index (χ0v) is 17.1. The Morgan fingerprint density at radius 3 is 2.53 bits per heavy atom. The molecule has 0 saturated carbocycles. The van der Waals surface area contributed by atoms with Crippen molar-refractivity contribution in [2.75, 3.05) is 25.5 Å². The van der Waals surface area contributed by atoms with Crippen LogP contribution in [-0.4, -0.2) is 48.0 Å². The highest BCUT2D eigenvalue weighted by atomic mass is 16.5. The number of nitrogens with zero attached hydrogens (tertiary/aromatic N) is 1. The number of hydroxylamine groups is 1. The Morgan fingerprint density at radius 1 is 1.17 bits per heavy atom. The van der Waals surface area contributed by atoms with Crippen LogP contribution in [-0.2, 0) is 11.2 Å². The Labute approximate surface area is 175 Å². The second kappa shape index (κ2) is 9.41. The molecule has 1 aliphatic heterocycles. The van der Waals surface area contributed by atoms with E-state index in [4.69, 9.17) is 15.4 Å². The molecule has 0 unspecified atom stereocenters. The van der Waals surface area contributed by atoms with Gasteiger partial charge in [0.25, 0.3) is 5.91 Å². The summed E-state index contributed by atoms with van der Waals surface area (Å²) in [6, 6.07) is 10.2. The van der Waals surface area contributed by atoms with Gasteiger partial charge in [-0.3, -0.25) is 25.7 Å². The lowest BCUT2D eigenvalue weighted by atomic mass is 10.0. The van der Waals surface area contributed by atoms with Gasteiger partial charge >= 0.3 is 0 Å². The van der Waals surface area contributed by atoms with Crippen LogP contribution in [0.4, 0.5) is 5.69 Å². The molecule has 1 heterocycles. The number of hydrogen-bond donors (Lipinski definition) is 4. The van der Waals surface area contributed by atoms with E-state index in [1.54, 1.807) is 41.9 Å². The number of carbonyl (C=O) groups is 2. The third-order valence-corrected chi connectivity index (χ3v) is 5.17. The fourth-order valence-corrected chi connectivity index (χ4v) is 3.59. The van der Waals surface area contributed by atoms with Crippen LogP contribution in [0.3, 0.4) is 0 Å². The van der Waals surface area contributed by atoms with Crippen LogP contribution in [0.5, 0.6) is 5.75 Å². The largest absolute Gasteiger partial charge is 0.496 e. The zero-order chi connectivity index (χ0) is 21.7. The number of carbonyl (C=O) groups excluding carboxylic acids is 2. The predicted molar refractivity (Wildman–Crippen MR) is 113 cm³/mol. The van der Waals surface area contributed by atoms with Crippen molar-refractivity contribution in [1.82, 2.24) is 10.4 Å². The average Bonchev–Trinajstić information content (AvgIpc) is 3.27. The first-order valence-electron chi connectivity index (χ1n) is 9.78. The molecule has 0 aliphatic carbocycles. The fourth-order valence-electron chi connectivity index (χ4n) is 3.59. The molecule has 0 atom stereocenters. The molecule has 0 bridgehead atoms. The first-order chi connectivity index (χ1) is 14.4. The molecule has 2 aromatic carbocycles. The molecule has 30 heavy (non-hydrogen) atoms. The van der Waals surface area contributed by atoms with Gasteiger partial charge in [0.2, 0.25) is 5.91 Å². The van der Waals surface area contributed by atoms with Crippen molar-refractivity contribution in [2.45, 2.75) is 26.2 Å². The number of anilines is 1. The van der Waals surface area contributed by atoms with Crippen molar-refractivity contribution < 1.29 is 19.5 Å². The summed E-state index contributed by atoms with van der Waals surface area (Å²) >= 11 is 0. The molecule has 1 saturated heterocycles. The molecule has 1 fully saturated rings. The Hall–Kier alpha value is -3.39. The highest BCUT2D eigenvalue weighted by Gasteiger charge is 2.21. The maximum Gasteiger partial charge on any atom is 0.254 e. The van der Waals surface area contributed by atoms with Gasteiger partial charge in [-0.05, 0) is 61.7 Å². The molecule has 2 aromatic rings. The van der Waals surface area contributed by atoms with Gasteiger partial charge in [-0.2, -0.15) is 0 Å². The van der Waals surface area contributed by atoms with E-state index in [1.165, 1.54) is 7.11 Å². The number of amidine groups is 1. The first-order valence-corrected chi connectivity index (χ1v) is 9.78. The van der Waals surface area contributed by atoms with Gasteiger partial charge in [-0.15, -0.1) is 0 Å². The molecule has 2 amide bonds. The number of benzene rings is 2. The Morgan fingerprint density at radius 2 is 1.90 bits per heavy atom. The number of nitrogens with one attached hydrogen (secondary N) is 3. The summed E-state index contributed by atoms with van der Waals surface area (Å²) in [5, 5.41) is 19.4. The van der Waals surface area contributed by atoms with Gasteiger partial charge in [-0.1, -0.05) is 0 Å². The average molecular weight is 410 g/mol. The van der Waals surface area contributed by atoms with Crippen molar-refractivity contribution in [2.24, 2.45) is 0 Å². The van der Waals surface area contributed by atoms with E-state index in [1.807, 2.05) is 11.8 Å². The monoisotopic (exact) mass is 410 g/mol. The normalized spacial score (nSPS) is 13.1. The molecule has 0 spiro atoms. The third-order valence-electron chi connectivity index (χ3n) is 5.17. The molecule has 1 aliphatic rings. The molecular formula is C22H26N4O4.